The van der Waals surface area contributed by atoms with Gasteiger partial charge in [-0.2, -0.15) is 0 Å². The molecule has 1 heterocycles. The highest BCUT2D eigenvalue weighted by Crippen LogP contribution is 2.22. The lowest BCUT2D eigenvalue weighted by molar-refractivity contribution is -0.116. The van der Waals surface area contributed by atoms with Crippen LogP contribution in [0.5, 0.6) is 17.2 Å². The van der Waals surface area contributed by atoms with Crippen LogP contribution < -0.4 is 20.2 Å². The van der Waals surface area contributed by atoms with Crippen molar-refractivity contribution in [2.75, 3.05) is 12.4 Å². The van der Waals surface area contributed by atoms with Gasteiger partial charge in [-0.15, -0.1) is 0 Å². The Balaban J connectivity index is 1.66. The predicted molar refractivity (Wildman–Crippen MR) is 105 cm³/mol. The first kappa shape index (κ1) is 19.2. The molecule has 0 unspecified atom stereocenters. The second-order valence-corrected chi connectivity index (χ2v) is 5.97. The lowest BCUT2D eigenvalue weighted by atomic mass is 10.3. The summed E-state index contributed by atoms with van der Waals surface area (Å²) in [7, 11) is 1.37. The van der Waals surface area contributed by atoms with Gasteiger partial charge < -0.3 is 24.5 Å². The first-order valence-electron chi connectivity index (χ1n) is 8.60. The van der Waals surface area contributed by atoms with E-state index in [1.807, 2.05) is 30.3 Å². The summed E-state index contributed by atoms with van der Waals surface area (Å²) in [5.74, 6) is 1.17. The number of hydrogen-bond donors (Lipinski definition) is 2. The van der Waals surface area contributed by atoms with Gasteiger partial charge in [-0.25, -0.2) is 0 Å². The molecule has 1 aromatic heterocycles. The fraction of sp³-hybridized carbons (Fsp3) is 0.143. The number of ether oxygens (including phenoxy) is 2. The molecule has 0 saturated heterocycles. The van der Waals surface area contributed by atoms with E-state index in [1.54, 1.807) is 24.3 Å². The number of aromatic nitrogens is 1. The summed E-state index contributed by atoms with van der Waals surface area (Å²) in [5.41, 5.74) is 0.578. The van der Waals surface area contributed by atoms with Gasteiger partial charge in [-0.05, 0) is 36.4 Å². The summed E-state index contributed by atoms with van der Waals surface area (Å²) in [6.07, 6.45) is 1.41. The van der Waals surface area contributed by atoms with Crippen molar-refractivity contribution < 1.29 is 19.4 Å². The summed E-state index contributed by atoms with van der Waals surface area (Å²) in [6, 6.07) is 17.6. The summed E-state index contributed by atoms with van der Waals surface area (Å²) in [4.78, 5) is 24.1. The van der Waals surface area contributed by atoms with Crippen molar-refractivity contribution in [3.63, 3.8) is 0 Å². The van der Waals surface area contributed by atoms with Crippen molar-refractivity contribution in [1.82, 2.24) is 4.57 Å². The van der Waals surface area contributed by atoms with Crippen molar-refractivity contribution in [3.05, 3.63) is 82.8 Å². The number of rotatable bonds is 7. The van der Waals surface area contributed by atoms with Gasteiger partial charge in [0.05, 0.1) is 19.9 Å². The average molecular weight is 380 g/mol. The molecule has 0 aliphatic heterocycles. The SMILES string of the molecule is COc1cn(CC(=O)Nc2ccc(Oc3ccccc3)cc2)c(CO)cc1=O. The number of aliphatic hydroxyl groups is 1. The number of methoxy groups -OCH3 is 1. The smallest absolute Gasteiger partial charge is 0.244 e. The molecule has 0 fully saturated rings. The minimum atomic E-state index is -0.363. The average Bonchev–Trinajstić information content (AvgIpc) is 2.71. The van der Waals surface area contributed by atoms with E-state index >= 15 is 0 Å². The molecule has 0 spiro atoms. The van der Waals surface area contributed by atoms with E-state index in [9.17, 15) is 14.7 Å². The van der Waals surface area contributed by atoms with Crippen LogP contribution in [0, 0.1) is 0 Å². The predicted octanol–water partition coefficient (Wildman–Crippen LogP) is 2.78. The molecular weight excluding hydrogens is 360 g/mol. The molecule has 28 heavy (non-hydrogen) atoms. The fourth-order valence-corrected chi connectivity index (χ4v) is 2.62. The normalized spacial score (nSPS) is 10.4. The maximum Gasteiger partial charge on any atom is 0.244 e. The number of carbonyl (C=O) groups is 1. The van der Waals surface area contributed by atoms with Crippen LogP contribution in [-0.4, -0.2) is 22.7 Å². The number of benzene rings is 2. The van der Waals surface area contributed by atoms with Gasteiger partial charge in [0.25, 0.3) is 0 Å². The molecule has 144 valence electrons. The number of para-hydroxylation sites is 1. The summed E-state index contributed by atoms with van der Waals surface area (Å²) < 4.78 is 12.2. The number of aliphatic hydroxyl groups excluding tert-OH is 1. The number of amides is 1. The van der Waals surface area contributed by atoms with Crippen LogP contribution in [0.15, 0.2) is 71.7 Å². The Kier molecular flexibility index (Phi) is 6.08. The van der Waals surface area contributed by atoms with Gasteiger partial charge in [0, 0.05) is 17.4 Å². The number of nitrogens with zero attached hydrogens (tertiary/aromatic N) is 1. The lowest BCUT2D eigenvalue weighted by Crippen LogP contribution is -2.23. The molecule has 0 radical (unpaired) electrons. The zero-order chi connectivity index (χ0) is 19.9. The molecule has 0 saturated carbocycles. The quantitative estimate of drug-likeness (QED) is 0.658. The van der Waals surface area contributed by atoms with Gasteiger partial charge in [0.2, 0.25) is 11.3 Å². The topological polar surface area (TPSA) is 89.8 Å². The highest BCUT2D eigenvalue weighted by Gasteiger charge is 2.10. The van der Waals surface area contributed by atoms with Crippen LogP contribution in [-0.2, 0) is 17.9 Å². The Morgan fingerprint density at radius 1 is 1.07 bits per heavy atom. The van der Waals surface area contributed by atoms with Gasteiger partial charge >= 0.3 is 0 Å². The van der Waals surface area contributed by atoms with E-state index in [0.717, 1.165) is 5.75 Å². The molecule has 0 aliphatic carbocycles. The molecule has 0 bridgehead atoms. The van der Waals surface area contributed by atoms with E-state index in [-0.39, 0.29) is 30.2 Å². The minimum Gasteiger partial charge on any atom is -0.491 e. The first-order chi connectivity index (χ1) is 13.6. The zero-order valence-corrected chi connectivity index (χ0v) is 15.3. The van der Waals surface area contributed by atoms with Gasteiger partial charge in [-0.3, -0.25) is 9.59 Å². The summed E-state index contributed by atoms with van der Waals surface area (Å²) in [5, 5.41) is 12.2. The largest absolute Gasteiger partial charge is 0.491 e. The van der Waals surface area contributed by atoms with Crippen LogP contribution in [0.4, 0.5) is 5.69 Å². The highest BCUT2D eigenvalue weighted by molar-refractivity contribution is 5.90. The number of carbonyl (C=O) groups excluding carboxylic acids is 1. The molecule has 1 amide bonds. The molecule has 0 aliphatic rings. The van der Waals surface area contributed by atoms with Gasteiger partial charge in [-0.1, -0.05) is 18.2 Å². The van der Waals surface area contributed by atoms with Crippen LogP contribution in [0.2, 0.25) is 0 Å². The van der Waals surface area contributed by atoms with E-state index in [1.165, 1.54) is 23.9 Å². The highest BCUT2D eigenvalue weighted by atomic mass is 16.5. The molecule has 2 aromatic carbocycles. The number of hydrogen-bond acceptors (Lipinski definition) is 5. The van der Waals surface area contributed by atoms with Crippen molar-refractivity contribution in [1.29, 1.82) is 0 Å². The van der Waals surface area contributed by atoms with E-state index < -0.39 is 0 Å². The second-order valence-electron chi connectivity index (χ2n) is 5.97. The Labute approximate surface area is 161 Å². The van der Waals surface area contributed by atoms with Crippen molar-refractivity contribution in [2.24, 2.45) is 0 Å². The third-order valence-corrected chi connectivity index (χ3v) is 4.00. The molecule has 0 atom stereocenters. The zero-order valence-electron chi connectivity index (χ0n) is 15.3. The molecular formula is C21H20N2O5. The monoisotopic (exact) mass is 380 g/mol. The van der Waals surface area contributed by atoms with E-state index in [2.05, 4.69) is 5.32 Å². The maximum absolute atomic E-state index is 12.3. The fourth-order valence-electron chi connectivity index (χ4n) is 2.62. The molecule has 7 nitrogen and oxygen atoms in total. The van der Waals surface area contributed by atoms with Gasteiger partial charge in [0.15, 0.2) is 5.75 Å². The van der Waals surface area contributed by atoms with Crippen molar-refractivity contribution in [2.45, 2.75) is 13.2 Å². The third-order valence-electron chi connectivity index (χ3n) is 4.00. The van der Waals surface area contributed by atoms with Gasteiger partial charge in [0.1, 0.15) is 18.0 Å². The van der Waals surface area contributed by atoms with Crippen LogP contribution in [0.25, 0.3) is 0 Å². The van der Waals surface area contributed by atoms with Crippen molar-refractivity contribution in [3.8, 4) is 17.2 Å². The Morgan fingerprint density at radius 2 is 1.75 bits per heavy atom. The Bertz CT molecular complexity index is 998. The summed E-state index contributed by atoms with van der Waals surface area (Å²) in [6.45, 7) is -0.438. The maximum atomic E-state index is 12.3. The lowest BCUT2D eigenvalue weighted by Gasteiger charge is -2.13. The van der Waals surface area contributed by atoms with Crippen LogP contribution >= 0.6 is 0 Å². The summed E-state index contributed by atoms with van der Waals surface area (Å²) >= 11 is 0. The van der Waals surface area contributed by atoms with Crippen molar-refractivity contribution >= 4 is 11.6 Å². The molecule has 7 heteroatoms. The molecule has 3 aromatic rings. The first-order valence-corrected chi connectivity index (χ1v) is 8.60. The van der Waals surface area contributed by atoms with E-state index in [0.29, 0.717) is 17.1 Å². The number of nitrogens with one attached hydrogen (secondary N) is 1. The Hall–Kier alpha value is -3.58. The third kappa shape index (κ3) is 4.77. The molecule has 3 rings (SSSR count). The number of pyridine rings is 1. The minimum absolute atomic E-state index is 0.0746. The van der Waals surface area contributed by atoms with E-state index in [4.69, 9.17) is 9.47 Å². The van der Waals surface area contributed by atoms with Crippen LogP contribution in [0.3, 0.4) is 0 Å². The second kappa shape index (κ2) is 8.88. The standard InChI is InChI=1S/C21H20N2O5/c1-27-20-12-23(16(14-24)11-19(20)25)13-21(26)22-15-7-9-18(10-8-15)28-17-5-3-2-4-6-17/h2-12,24H,13-14H2,1H3,(H,22,26). The number of anilines is 1. The van der Waals surface area contributed by atoms with Crippen LogP contribution in [0.1, 0.15) is 5.69 Å². The Morgan fingerprint density at radius 3 is 2.39 bits per heavy atom. The molecule has 2 N–H and O–H groups in total.